The lowest BCUT2D eigenvalue weighted by Crippen LogP contribution is -2.48. The van der Waals surface area contributed by atoms with Crippen molar-refractivity contribution in [2.24, 2.45) is 0 Å². The summed E-state index contributed by atoms with van der Waals surface area (Å²) in [6, 6.07) is 3.14. The third-order valence-electron chi connectivity index (χ3n) is 6.79. The Balaban J connectivity index is 1.17. The van der Waals surface area contributed by atoms with Crippen LogP contribution in [0.5, 0.6) is 0 Å². The topological polar surface area (TPSA) is 111 Å². The first-order chi connectivity index (χ1) is 16.9. The van der Waals surface area contributed by atoms with Crippen LogP contribution in [0.15, 0.2) is 52.2 Å². The zero-order chi connectivity index (χ0) is 24.5. The molecule has 1 amide bonds. The minimum absolute atomic E-state index is 0.0443. The number of likely N-dealkylation sites (tertiary alicyclic amines) is 1. The number of halogens is 1. The van der Waals surface area contributed by atoms with Gasteiger partial charge in [0.1, 0.15) is 11.6 Å². The summed E-state index contributed by atoms with van der Waals surface area (Å²) in [5.41, 5.74) is 2.45. The van der Waals surface area contributed by atoms with E-state index in [1.165, 1.54) is 11.8 Å². The molecule has 0 saturated carbocycles. The molecule has 0 aromatic carbocycles. The summed E-state index contributed by atoms with van der Waals surface area (Å²) in [6.45, 7) is 4.13. The summed E-state index contributed by atoms with van der Waals surface area (Å²) in [7, 11) is 1.59. The summed E-state index contributed by atoms with van der Waals surface area (Å²) >= 11 is 1.48. The molecule has 1 aromatic heterocycles. The van der Waals surface area contributed by atoms with Gasteiger partial charge in [0.2, 0.25) is 5.91 Å². The molecular weight excluding hydrogens is 471 g/mol. The van der Waals surface area contributed by atoms with Gasteiger partial charge in [-0.3, -0.25) is 9.69 Å². The van der Waals surface area contributed by atoms with Crippen LogP contribution in [-0.4, -0.2) is 77.6 Å². The number of aliphatic hydroxyl groups excluding tert-OH is 1. The number of thioether (sulfide) groups is 1. The van der Waals surface area contributed by atoms with Gasteiger partial charge in [-0.05, 0) is 43.2 Å². The molecule has 11 heteroatoms. The fraction of sp³-hybridized carbons (Fsp3) is 0.500. The number of carbonyl (C=O) groups excluding carboxylic acids is 1. The van der Waals surface area contributed by atoms with E-state index in [9.17, 15) is 9.90 Å². The fourth-order valence-corrected chi connectivity index (χ4v) is 5.68. The molecule has 0 spiro atoms. The van der Waals surface area contributed by atoms with Crippen LogP contribution < -0.4 is 21.3 Å². The number of methoxy groups -OCH3 is 1. The van der Waals surface area contributed by atoms with E-state index in [-0.39, 0.29) is 29.9 Å². The van der Waals surface area contributed by atoms with E-state index in [4.69, 9.17) is 4.74 Å². The molecule has 5 heterocycles. The zero-order valence-corrected chi connectivity index (χ0v) is 20.6. The molecular formula is C24H31FN6O3S. The molecule has 188 valence electrons. The van der Waals surface area contributed by atoms with Crippen molar-refractivity contribution in [3.63, 3.8) is 0 Å². The van der Waals surface area contributed by atoms with E-state index >= 15 is 4.39 Å². The van der Waals surface area contributed by atoms with Crippen molar-refractivity contribution in [1.29, 1.82) is 0 Å². The van der Waals surface area contributed by atoms with Crippen LogP contribution in [0.3, 0.4) is 0 Å². The number of hydrogen-bond acceptors (Lipinski definition) is 9. The average molecular weight is 503 g/mol. The van der Waals surface area contributed by atoms with Crippen LogP contribution in [0.2, 0.25) is 0 Å². The van der Waals surface area contributed by atoms with E-state index in [1.807, 2.05) is 31.2 Å². The highest BCUT2D eigenvalue weighted by molar-refractivity contribution is 8.00. The number of nitrogens with zero attached hydrogens (tertiary/aromatic N) is 2. The number of amides is 1. The normalized spacial score (nSPS) is 28.3. The first-order valence-corrected chi connectivity index (χ1v) is 12.8. The Kier molecular flexibility index (Phi) is 7.01. The number of allylic oxidation sites excluding steroid dienone is 2. The predicted molar refractivity (Wildman–Crippen MR) is 132 cm³/mol. The van der Waals surface area contributed by atoms with E-state index in [1.54, 1.807) is 7.11 Å². The van der Waals surface area contributed by atoms with Crippen LogP contribution in [0.25, 0.3) is 0 Å². The second kappa shape index (κ2) is 10.2. The fourth-order valence-electron chi connectivity index (χ4n) is 4.92. The van der Waals surface area contributed by atoms with Crippen molar-refractivity contribution < 1.29 is 19.0 Å². The van der Waals surface area contributed by atoms with Gasteiger partial charge < -0.3 is 31.1 Å². The van der Waals surface area contributed by atoms with Crippen molar-refractivity contribution in [2.75, 3.05) is 37.8 Å². The number of aliphatic hydroxyl groups is 1. The Morgan fingerprint density at radius 2 is 2.17 bits per heavy atom. The Hall–Kier alpha value is -2.60. The highest BCUT2D eigenvalue weighted by atomic mass is 32.2. The number of hydrogen-bond donors (Lipinski definition) is 5. The largest absolute Gasteiger partial charge is 0.482 e. The molecule has 4 atom stereocenters. The van der Waals surface area contributed by atoms with Crippen LogP contribution in [0.1, 0.15) is 19.0 Å². The Labute approximate surface area is 208 Å². The molecule has 0 radical (unpaired) electrons. The van der Waals surface area contributed by atoms with Crippen LogP contribution in [0, 0.1) is 0 Å². The molecule has 5 N–H and O–H groups in total. The monoisotopic (exact) mass is 502 g/mol. The van der Waals surface area contributed by atoms with Crippen molar-refractivity contribution >= 4 is 23.5 Å². The zero-order valence-electron chi connectivity index (χ0n) is 19.8. The third-order valence-corrected chi connectivity index (χ3v) is 7.84. The van der Waals surface area contributed by atoms with E-state index in [2.05, 4.69) is 31.2 Å². The third kappa shape index (κ3) is 5.18. The lowest BCUT2D eigenvalue weighted by Gasteiger charge is -2.36. The van der Waals surface area contributed by atoms with Gasteiger partial charge in [-0.1, -0.05) is 0 Å². The van der Waals surface area contributed by atoms with Gasteiger partial charge in [0.25, 0.3) is 0 Å². The first kappa shape index (κ1) is 24.1. The lowest BCUT2D eigenvalue weighted by atomic mass is 9.91. The quantitative estimate of drug-likeness (QED) is 0.376. The van der Waals surface area contributed by atoms with Gasteiger partial charge in [0.15, 0.2) is 5.88 Å². The number of ether oxygens (including phenoxy) is 1. The Morgan fingerprint density at radius 1 is 1.31 bits per heavy atom. The van der Waals surface area contributed by atoms with Crippen molar-refractivity contribution in [2.45, 2.75) is 49.0 Å². The number of pyridine rings is 1. The van der Waals surface area contributed by atoms with Crippen molar-refractivity contribution in [3.05, 3.63) is 53.0 Å². The standard InChI is InChI=1S/C24H31FN6O3S/c1-13-22(25)15(23-16(27-13)4-6-21(30-23)34-2)7-8-31-10-17(18(32)11-31)26-9-14-3-5-19-24(28-14)29-20(33)12-35-19/h3-6,13,17-18,23,26-27,30,32H,7-12H2,1-2H3,(H,28,29,33)/t13?,17?,18-,23?/m1/s1. The molecule has 9 nitrogen and oxygen atoms in total. The molecule has 1 fully saturated rings. The summed E-state index contributed by atoms with van der Waals surface area (Å²) < 4.78 is 20.4. The van der Waals surface area contributed by atoms with Gasteiger partial charge in [-0.15, -0.1) is 11.8 Å². The lowest BCUT2D eigenvalue weighted by molar-refractivity contribution is -0.113. The van der Waals surface area contributed by atoms with Crippen molar-refractivity contribution in [1.82, 2.24) is 25.8 Å². The number of aromatic nitrogens is 1. The highest BCUT2D eigenvalue weighted by Gasteiger charge is 2.35. The van der Waals surface area contributed by atoms with Crippen molar-refractivity contribution in [3.8, 4) is 0 Å². The molecule has 1 aromatic rings. The van der Waals surface area contributed by atoms with Crippen LogP contribution >= 0.6 is 11.8 Å². The van der Waals surface area contributed by atoms with Gasteiger partial charge in [-0.25, -0.2) is 9.37 Å². The minimum atomic E-state index is -0.528. The molecule has 35 heavy (non-hydrogen) atoms. The molecule has 4 aliphatic heterocycles. The maximum atomic E-state index is 15.1. The smallest absolute Gasteiger partial charge is 0.235 e. The summed E-state index contributed by atoms with van der Waals surface area (Å²) in [4.78, 5) is 19.3. The van der Waals surface area contributed by atoms with E-state index < -0.39 is 6.10 Å². The average Bonchev–Trinajstić information content (AvgIpc) is 3.21. The number of anilines is 1. The number of rotatable bonds is 7. The summed E-state index contributed by atoms with van der Waals surface area (Å²) in [6.07, 6.45) is 3.79. The second-order valence-electron chi connectivity index (χ2n) is 9.22. The molecule has 5 rings (SSSR count). The number of nitrogens with one attached hydrogen (secondary N) is 4. The minimum Gasteiger partial charge on any atom is -0.482 e. The second-order valence-corrected chi connectivity index (χ2v) is 10.2. The Bertz CT molecular complexity index is 1090. The summed E-state index contributed by atoms with van der Waals surface area (Å²) in [5, 5.41) is 23.3. The maximum Gasteiger partial charge on any atom is 0.235 e. The van der Waals surface area contributed by atoms with E-state index in [0.29, 0.717) is 55.6 Å². The first-order valence-electron chi connectivity index (χ1n) is 11.8. The highest BCUT2D eigenvalue weighted by Crippen LogP contribution is 2.31. The van der Waals surface area contributed by atoms with E-state index in [0.717, 1.165) is 16.3 Å². The molecule has 4 aliphatic rings. The van der Waals surface area contributed by atoms with Crippen LogP contribution in [0.4, 0.5) is 10.2 Å². The SMILES string of the molecule is COC1=CC=C2NC(C)C(F)=C(CCN3CC(NCc4ccc5c(n4)NC(=O)CS5)[C@H](O)C3)C2N1. The molecule has 0 bridgehead atoms. The number of β-amino-alcohol motifs (C(OH)–C–C–N with tert-alkyl or cyclic N) is 1. The molecule has 0 aliphatic carbocycles. The molecule has 3 unspecified atom stereocenters. The maximum absolute atomic E-state index is 15.1. The van der Waals surface area contributed by atoms with Gasteiger partial charge >= 0.3 is 0 Å². The van der Waals surface area contributed by atoms with Gasteiger partial charge in [-0.2, -0.15) is 0 Å². The Morgan fingerprint density at radius 3 is 3.00 bits per heavy atom. The van der Waals surface area contributed by atoms with Gasteiger partial charge in [0.05, 0.1) is 41.6 Å². The predicted octanol–water partition coefficient (Wildman–Crippen LogP) is 1.21. The number of fused-ring (bicyclic) bond motifs is 2. The van der Waals surface area contributed by atoms with Crippen LogP contribution in [-0.2, 0) is 16.1 Å². The number of carbonyl (C=O) groups is 1. The molecule has 1 saturated heterocycles. The van der Waals surface area contributed by atoms with Gasteiger partial charge in [0, 0.05) is 37.9 Å². The summed E-state index contributed by atoms with van der Waals surface area (Å²) in [5.74, 6) is 1.43. The number of dihydropyridines is 1.